The van der Waals surface area contributed by atoms with Crippen LogP contribution >= 0.6 is 11.3 Å². The Kier molecular flexibility index (Phi) is 4.93. The molecule has 1 N–H and O–H groups in total. The number of thiophene rings is 1. The van der Waals surface area contributed by atoms with E-state index in [-0.39, 0.29) is 6.10 Å². The highest BCUT2D eigenvalue weighted by Gasteiger charge is 2.21. The standard InChI is InChI=1S/C15H18O2S/c1-2-17-15(12-7-4-3-5-8-12)14(16)11-13-9-6-10-18-13/h3-10,14-16H,2,11H2,1H3. The molecule has 0 saturated carbocycles. The highest BCUT2D eigenvalue weighted by molar-refractivity contribution is 7.09. The summed E-state index contributed by atoms with van der Waals surface area (Å²) in [5.41, 5.74) is 1.03. The van der Waals surface area contributed by atoms with Crippen molar-refractivity contribution >= 4 is 11.3 Å². The summed E-state index contributed by atoms with van der Waals surface area (Å²) >= 11 is 1.67. The van der Waals surface area contributed by atoms with E-state index in [4.69, 9.17) is 4.74 Å². The Morgan fingerprint density at radius 1 is 1.17 bits per heavy atom. The fourth-order valence-electron chi connectivity index (χ4n) is 1.99. The number of ether oxygens (including phenoxy) is 1. The molecule has 1 aromatic carbocycles. The average molecular weight is 262 g/mol. The molecule has 0 aliphatic rings. The largest absolute Gasteiger partial charge is 0.390 e. The molecule has 0 aliphatic carbocycles. The molecule has 0 aliphatic heterocycles. The third-order valence-electron chi connectivity index (χ3n) is 2.81. The Bertz CT molecular complexity index is 439. The van der Waals surface area contributed by atoms with Crippen molar-refractivity contribution in [3.63, 3.8) is 0 Å². The molecule has 0 spiro atoms. The molecule has 1 heterocycles. The van der Waals surface area contributed by atoms with E-state index in [1.54, 1.807) is 11.3 Å². The van der Waals surface area contributed by atoms with E-state index >= 15 is 0 Å². The van der Waals surface area contributed by atoms with E-state index in [2.05, 4.69) is 0 Å². The third kappa shape index (κ3) is 3.42. The van der Waals surface area contributed by atoms with E-state index in [1.165, 1.54) is 4.88 Å². The zero-order chi connectivity index (χ0) is 12.8. The molecule has 0 bridgehead atoms. The summed E-state index contributed by atoms with van der Waals surface area (Å²) < 4.78 is 5.69. The van der Waals surface area contributed by atoms with Crippen LogP contribution in [0.25, 0.3) is 0 Å². The second kappa shape index (κ2) is 6.69. The summed E-state index contributed by atoms with van der Waals surface area (Å²) in [7, 11) is 0. The van der Waals surface area contributed by atoms with Crippen molar-refractivity contribution in [1.82, 2.24) is 0 Å². The summed E-state index contributed by atoms with van der Waals surface area (Å²) in [5.74, 6) is 0. The quantitative estimate of drug-likeness (QED) is 0.864. The molecule has 0 amide bonds. The van der Waals surface area contributed by atoms with Crippen molar-refractivity contribution in [2.75, 3.05) is 6.61 Å². The van der Waals surface area contributed by atoms with Gasteiger partial charge in [-0.15, -0.1) is 11.3 Å². The maximum absolute atomic E-state index is 10.3. The van der Waals surface area contributed by atoms with Gasteiger partial charge in [0.05, 0.1) is 6.10 Å². The molecule has 2 nitrogen and oxygen atoms in total. The van der Waals surface area contributed by atoms with Gasteiger partial charge in [0.1, 0.15) is 6.10 Å². The van der Waals surface area contributed by atoms with Gasteiger partial charge in [-0.1, -0.05) is 36.4 Å². The molecule has 3 heteroatoms. The normalized spacial score (nSPS) is 14.3. The van der Waals surface area contributed by atoms with Crippen LogP contribution in [-0.4, -0.2) is 17.8 Å². The van der Waals surface area contributed by atoms with E-state index in [0.29, 0.717) is 13.0 Å². The first kappa shape index (κ1) is 13.3. The zero-order valence-corrected chi connectivity index (χ0v) is 11.3. The predicted octanol–water partition coefficient (Wildman–Crippen LogP) is 3.43. The maximum atomic E-state index is 10.3. The molecule has 0 saturated heterocycles. The van der Waals surface area contributed by atoms with Gasteiger partial charge in [0, 0.05) is 17.9 Å². The minimum absolute atomic E-state index is 0.252. The molecule has 2 unspecified atom stereocenters. The van der Waals surface area contributed by atoms with Crippen LogP contribution in [-0.2, 0) is 11.2 Å². The Labute approximate surface area is 112 Å². The molecule has 2 rings (SSSR count). The summed E-state index contributed by atoms with van der Waals surface area (Å²) in [5, 5.41) is 12.4. The van der Waals surface area contributed by atoms with Crippen LogP contribution in [0, 0.1) is 0 Å². The van der Waals surface area contributed by atoms with E-state index < -0.39 is 6.10 Å². The highest BCUT2D eigenvalue weighted by Crippen LogP contribution is 2.24. The lowest BCUT2D eigenvalue weighted by atomic mass is 10.0. The molecule has 2 aromatic rings. The maximum Gasteiger partial charge on any atom is 0.109 e. The first-order valence-corrected chi connectivity index (χ1v) is 7.06. The molecule has 18 heavy (non-hydrogen) atoms. The van der Waals surface area contributed by atoms with Crippen LogP contribution in [0.5, 0.6) is 0 Å². The minimum Gasteiger partial charge on any atom is -0.390 e. The summed E-state index contributed by atoms with van der Waals surface area (Å²) in [6.45, 7) is 2.55. The van der Waals surface area contributed by atoms with Crippen LogP contribution < -0.4 is 0 Å². The Balaban J connectivity index is 2.09. The van der Waals surface area contributed by atoms with Gasteiger partial charge in [-0.2, -0.15) is 0 Å². The third-order valence-corrected chi connectivity index (χ3v) is 3.71. The molecular formula is C15H18O2S. The molecule has 0 radical (unpaired) electrons. The van der Waals surface area contributed by atoms with Gasteiger partial charge in [0.15, 0.2) is 0 Å². The van der Waals surface area contributed by atoms with Gasteiger partial charge in [0.2, 0.25) is 0 Å². The van der Waals surface area contributed by atoms with Crippen molar-refractivity contribution in [1.29, 1.82) is 0 Å². The van der Waals surface area contributed by atoms with Crippen LogP contribution in [0.1, 0.15) is 23.5 Å². The SMILES string of the molecule is CCOC(c1ccccc1)C(O)Cc1cccs1. The Morgan fingerprint density at radius 3 is 2.56 bits per heavy atom. The second-order valence-corrected chi connectivity index (χ2v) is 5.17. The smallest absolute Gasteiger partial charge is 0.109 e. The van der Waals surface area contributed by atoms with Crippen LogP contribution in [0.4, 0.5) is 0 Å². The molecular weight excluding hydrogens is 244 g/mol. The zero-order valence-electron chi connectivity index (χ0n) is 10.5. The minimum atomic E-state index is -0.508. The number of hydrogen-bond acceptors (Lipinski definition) is 3. The van der Waals surface area contributed by atoms with Crippen molar-refractivity contribution in [2.24, 2.45) is 0 Å². The first-order valence-electron chi connectivity index (χ1n) is 6.18. The predicted molar refractivity (Wildman–Crippen MR) is 74.8 cm³/mol. The van der Waals surface area contributed by atoms with Crippen LogP contribution in [0.2, 0.25) is 0 Å². The molecule has 0 fully saturated rings. The average Bonchev–Trinajstić information content (AvgIpc) is 2.89. The number of benzene rings is 1. The fourth-order valence-corrected chi connectivity index (χ4v) is 2.75. The first-order chi connectivity index (χ1) is 8.81. The second-order valence-electron chi connectivity index (χ2n) is 4.14. The van der Waals surface area contributed by atoms with Crippen LogP contribution in [0.15, 0.2) is 47.8 Å². The lowest BCUT2D eigenvalue weighted by Gasteiger charge is -2.23. The van der Waals surface area contributed by atoms with Crippen LogP contribution in [0.3, 0.4) is 0 Å². The topological polar surface area (TPSA) is 29.5 Å². The number of aliphatic hydroxyl groups is 1. The van der Waals surface area contributed by atoms with Crippen molar-refractivity contribution in [3.8, 4) is 0 Å². The summed E-state index contributed by atoms with van der Waals surface area (Å²) in [6.07, 6.45) is -0.124. The molecule has 96 valence electrons. The summed E-state index contributed by atoms with van der Waals surface area (Å²) in [6, 6.07) is 14.0. The van der Waals surface area contributed by atoms with Crippen molar-refractivity contribution in [2.45, 2.75) is 25.6 Å². The van der Waals surface area contributed by atoms with Gasteiger partial charge >= 0.3 is 0 Å². The molecule has 1 aromatic heterocycles. The number of rotatable bonds is 6. The summed E-state index contributed by atoms with van der Waals surface area (Å²) in [4.78, 5) is 1.18. The van der Waals surface area contributed by atoms with Crippen molar-refractivity contribution in [3.05, 3.63) is 58.3 Å². The van der Waals surface area contributed by atoms with E-state index in [0.717, 1.165) is 5.56 Å². The van der Waals surface area contributed by atoms with E-state index in [1.807, 2.05) is 54.8 Å². The number of aliphatic hydroxyl groups excluding tert-OH is 1. The Morgan fingerprint density at radius 2 is 1.94 bits per heavy atom. The number of hydrogen-bond donors (Lipinski definition) is 1. The van der Waals surface area contributed by atoms with E-state index in [9.17, 15) is 5.11 Å². The fraction of sp³-hybridized carbons (Fsp3) is 0.333. The van der Waals surface area contributed by atoms with Gasteiger partial charge < -0.3 is 9.84 Å². The highest BCUT2D eigenvalue weighted by atomic mass is 32.1. The van der Waals surface area contributed by atoms with Gasteiger partial charge in [-0.25, -0.2) is 0 Å². The monoisotopic (exact) mass is 262 g/mol. The lowest BCUT2D eigenvalue weighted by molar-refractivity contribution is -0.0336. The van der Waals surface area contributed by atoms with Gasteiger partial charge in [-0.3, -0.25) is 0 Å². The van der Waals surface area contributed by atoms with Crippen molar-refractivity contribution < 1.29 is 9.84 Å². The van der Waals surface area contributed by atoms with Gasteiger partial charge in [0.25, 0.3) is 0 Å². The Hall–Kier alpha value is -1.16. The van der Waals surface area contributed by atoms with Gasteiger partial charge in [-0.05, 0) is 23.9 Å². The lowest BCUT2D eigenvalue weighted by Crippen LogP contribution is -2.23. The molecule has 2 atom stereocenters.